The van der Waals surface area contributed by atoms with Crippen molar-refractivity contribution in [2.75, 3.05) is 64.5 Å². The second-order valence-corrected chi connectivity index (χ2v) is 12.1. The van der Waals surface area contributed by atoms with Gasteiger partial charge in [0.25, 0.3) is 0 Å². The number of hydrogen-bond donors (Lipinski definition) is 1. The van der Waals surface area contributed by atoms with Crippen LogP contribution in [-0.2, 0) is 9.53 Å². The molecule has 0 saturated carbocycles. The summed E-state index contributed by atoms with van der Waals surface area (Å²) in [5, 5.41) is 11.4. The summed E-state index contributed by atoms with van der Waals surface area (Å²) >= 11 is 1.65. The van der Waals surface area contributed by atoms with E-state index in [1.165, 1.54) is 18.2 Å². The van der Waals surface area contributed by atoms with Crippen molar-refractivity contribution in [1.82, 2.24) is 25.0 Å². The third kappa shape index (κ3) is 4.75. The van der Waals surface area contributed by atoms with Crippen molar-refractivity contribution in [3.63, 3.8) is 0 Å². The Morgan fingerprint density at radius 2 is 2.00 bits per heavy atom. The lowest BCUT2D eigenvalue weighted by atomic mass is 9.98. The number of likely N-dealkylation sites (tertiary alicyclic amines) is 1. The van der Waals surface area contributed by atoms with E-state index >= 15 is 0 Å². The first-order valence-corrected chi connectivity index (χ1v) is 15.2. The Morgan fingerprint density at radius 3 is 2.76 bits per heavy atom. The number of fused-ring (bicyclic) bond motifs is 2. The molecule has 3 aromatic heterocycles. The van der Waals surface area contributed by atoms with Crippen LogP contribution in [0.15, 0.2) is 54.7 Å². The Bertz CT molecular complexity index is 1630. The van der Waals surface area contributed by atoms with Gasteiger partial charge in [0.05, 0.1) is 24.5 Å². The number of ether oxygens (including phenoxy) is 2. The fourth-order valence-electron chi connectivity index (χ4n) is 6.39. The molecule has 6 heterocycles. The summed E-state index contributed by atoms with van der Waals surface area (Å²) in [4.78, 5) is 21.5. The zero-order valence-electron chi connectivity index (χ0n) is 23.5. The van der Waals surface area contributed by atoms with Crippen molar-refractivity contribution >= 4 is 33.1 Å². The number of amides is 1. The number of nitrogens with one attached hydrogen (secondary N) is 1. The maximum Gasteiger partial charge on any atom is 0.246 e. The molecule has 218 valence electrons. The lowest BCUT2D eigenvalue weighted by molar-refractivity contribution is -0.131. The highest BCUT2D eigenvalue weighted by Crippen LogP contribution is 2.47. The molecule has 2 atom stereocenters. The van der Waals surface area contributed by atoms with Crippen molar-refractivity contribution in [3.05, 3.63) is 60.5 Å². The molecule has 0 bridgehead atoms. The van der Waals surface area contributed by atoms with E-state index in [4.69, 9.17) is 19.6 Å². The largest absolute Gasteiger partial charge is 0.490 e. The van der Waals surface area contributed by atoms with Gasteiger partial charge in [0.2, 0.25) is 5.91 Å². The Morgan fingerprint density at radius 1 is 1.19 bits per heavy atom. The van der Waals surface area contributed by atoms with Gasteiger partial charge >= 0.3 is 0 Å². The van der Waals surface area contributed by atoms with Crippen LogP contribution in [0.5, 0.6) is 5.75 Å². The average Bonchev–Trinajstić information content (AvgIpc) is 3.76. The van der Waals surface area contributed by atoms with Crippen LogP contribution < -0.4 is 15.0 Å². The SMILES string of the molecule is C=CC(=O)N1CC(n2cc(-c3nc(N4CC5CNCC5C4)c4ccsc4c3-c3ccc(F)cc3OCCOC)cn2)C1. The molecule has 1 N–H and O–H groups in total. The number of hydrogen-bond acceptors (Lipinski definition) is 8. The van der Waals surface area contributed by atoms with Crippen molar-refractivity contribution < 1.29 is 18.7 Å². The molecule has 7 rings (SSSR count). The molecule has 3 saturated heterocycles. The van der Waals surface area contributed by atoms with Crippen LogP contribution in [0.2, 0.25) is 0 Å². The molecule has 1 aromatic carbocycles. The minimum Gasteiger partial charge on any atom is -0.490 e. The fraction of sp³-hybridized carbons (Fsp3) is 0.387. The fourth-order valence-corrected chi connectivity index (χ4v) is 7.34. The van der Waals surface area contributed by atoms with Gasteiger partial charge in [-0.15, -0.1) is 11.3 Å². The topological polar surface area (TPSA) is 84.8 Å². The lowest BCUT2D eigenvalue weighted by Gasteiger charge is -2.38. The molecule has 3 aliphatic rings. The molecule has 1 amide bonds. The Hall–Kier alpha value is -3.80. The van der Waals surface area contributed by atoms with Crippen molar-refractivity contribution in [2.45, 2.75) is 6.04 Å². The van der Waals surface area contributed by atoms with Gasteiger partial charge in [-0.25, -0.2) is 9.37 Å². The van der Waals surface area contributed by atoms with Gasteiger partial charge in [-0.2, -0.15) is 5.10 Å². The number of halogens is 1. The highest BCUT2D eigenvalue weighted by atomic mass is 32.1. The predicted molar refractivity (Wildman–Crippen MR) is 161 cm³/mol. The smallest absolute Gasteiger partial charge is 0.246 e. The van der Waals surface area contributed by atoms with Gasteiger partial charge < -0.3 is 24.6 Å². The number of pyridine rings is 1. The summed E-state index contributed by atoms with van der Waals surface area (Å²) in [6.45, 7) is 9.45. The zero-order chi connectivity index (χ0) is 28.8. The minimum atomic E-state index is -0.367. The molecular weight excluding hydrogens is 555 g/mol. The quantitative estimate of drug-likeness (QED) is 0.232. The second kappa shape index (κ2) is 11.1. The molecule has 9 nitrogen and oxygen atoms in total. The van der Waals surface area contributed by atoms with Crippen molar-refractivity contribution in [2.24, 2.45) is 11.8 Å². The molecule has 3 fully saturated rings. The third-order valence-corrected chi connectivity index (χ3v) is 9.56. The van der Waals surface area contributed by atoms with Crippen molar-refractivity contribution in [1.29, 1.82) is 0 Å². The number of nitrogens with zero attached hydrogens (tertiary/aromatic N) is 5. The van der Waals surface area contributed by atoms with E-state index in [9.17, 15) is 9.18 Å². The summed E-state index contributed by atoms with van der Waals surface area (Å²) in [7, 11) is 1.61. The van der Waals surface area contributed by atoms with Crippen LogP contribution in [-0.4, -0.2) is 85.2 Å². The summed E-state index contributed by atoms with van der Waals surface area (Å²) in [5.74, 6) is 2.21. The van der Waals surface area contributed by atoms with Crippen LogP contribution in [0.3, 0.4) is 0 Å². The zero-order valence-corrected chi connectivity index (χ0v) is 24.3. The molecule has 0 spiro atoms. The van der Waals surface area contributed by atoms with E-state index in [1.807, 2.05) is 17.1 Å². The minimum absolute atomic E-state index is 0.0711. The van der Waals surface area contributed by atoms with Gasteiger partial charge in [-0.05, 0) is 41.5 Å². The molecule has 4 aromatic rings. The third-order valence-electron chi connectivity index (χ3n) is 8.63. The lowest BCUT2D eigenvalue weighted by Crippen LogP contribution is -2.50. The van der Waals surface area contributed by atoms with E-state index in [0.29, 0.717) is 43.9 Å². The summed E-state index contributed by atoms with van der Waals surface area (Å²) in [5.41, 5.74) is 3.32. The number of aromatic nitrogens is 3. The number of methoxy groups -OCH3 is 1. The van der Waals surface area contributed by atoms with Gasteiger partial charge in [-0.1, -0.05) is 6.58 Å². The van der Waals surface area contributed by atoms with Crippen LogP contribution in [0.1, 0.15) is 6.04 Å². The van der Waals surface area contributed by atoms with Crippen LogP contribution in [0.25, 0.3) is 32.5 Å². The molecule has 0 radical (unpaired) electrons. The highest BCUT2D eigenvalue weighted by Gasteiger charge is 2.38. The van der Waals surface area contributed by atoms with Gasteiger partial charge in [-0.3, -0.25) is 9.48 Å². The van der Waals surface area contributed by atoms with Gasteiger partial charge in [0.1, 0.15) is 24.0 Å². The summed E-state index contributed by atoms with van der Waals surface area (Å²) in [6.07, 6.45) is 5.19. The monoisotopic (exact) mass is 588 g/mol. The maximum absolute atomic E-state index is 14.5. The number of carbonyl (C=O) groups excluding carboxylic acids is 1. The Balaban J connectivity index is 1.35. The summed E-state index contributed by atoms with van der Waals surface area (Å²) in [6, 6.07) is 6.89. The number of thiophene rings is 1. The molecule has 2 unspecified atom stereocenters. The average molecular weight is 589 g/mol. The number of anilines is 1. The van der Waals surface area contributed by atoms with Crippen LogP contribution >= 0.6 is 11.3 Å². The van der Waals surface area contributed by atoms with Crippen LogP contribution in [0, 0.1) is 17.7 Å². The highest BCUT2D eigenvalue weighted by molar-refractivity contribution is 7.18. The number of carbonyl (C=O) groups is 1. The molecule has 0 aliphatic carbocycles. The molecular formula is C31H33FN6O3S. The summed E-state index contributed by atoms with van der Waals surface area (Å²) < 4.78 is 28.7. The van der Waals surface area contributed by atoms with E-state index < -0.39 is 0 Å². The van der Waals surface area contributed by atoms with E-state index in [2.05, 4.69) is 28.2 Å². The van der Waals surface area contributed by atoms with Gasteiger partial charge in [0, 0.05) is 85.4 Å². The van der Waals surface area contributed by atoms with E-state index in [-0.39, 0.29) is 17.8 Å². The van der Waals surface area contributed by atoms with E-state index in [0.717, 1.165) is 64.5 Å². The molecule has 11 heteroatoms. The van der Waals surface area contributed by atoms with Crippen LogP contribution in [0.4, 0.5) is 10.2 Å². The Labute approximate surface area is 247 Å². The first-order chi connectivity index (χ1) is 20.5. The van der Waals surface area contributed by atoms with Gasteiger partial charge in [0.15, 0.2) is 0 Å². The number of benzene rings is 1. The Kier molecular flexibility index (Phi) is 7.17. The van der Waals surface area contributed by atoms with E-state index in [1.54, 1.807) is 29.4 Å². The normalized spacial score (nSPS) is 20.2. The molecule has 3 aliphatic heterocycles. The van der Waals surface area contributed by atoms with Crippen molar-refractivity contribution in [3.8, 4) is 28.1 Å². The first kappa shape index (κ1) is 27.1. The standard InChI is InChI=1S/C31H33FN6O3S/c1-3-27(39)36-17-23(18-36)38-16-21(13-34-38)29-28(24-5-4-22(32)10-26(24)41-8-7-40-2)30-25(6-9-42-30)31(35-29)37-14-19-11-33-12-20(19)15-37/h3-6,9-10,13,16,19-20,23,33H,1,7-8,11-12,14-15,17-18H2,2H3. The predicted octanol–water partition coefficient (Wildman–Crippen LogP) is 4.22. The molecule has 42 heavy (non-hydrogen) atoms. The second-order valence-electron chi connectivity index (χ2n) is 11.2. The maximum atomic E-state index is 14.5. The first-order valence-electron chi connectivity index (χ1n) is 14.3. The number of rotatable bonds is 9.